The highest BCUT2D eigenvalue weighted by Crippen LogP contribution is 2.14. The first kappa shape index (κ1) is 24.1. The fourth-order valence-electron chi connectivity index (χ4n) is 3.12. The molecule has 9 nitrogen and oxygen atoms in total. The summed E-state index contributed by atoms with van der Waals surface area (Å²) in [5.74, 6) is -1.20. The highest BCUT2D eigenvalue weighted by Gasteiger charge is 2.24. The van der Waals surface area contributed by atoms with Crippen molar-refractivity contribution in [1.29, 1.82) is 0 Å². The topological polar surface area (TPSA) is 125 Å². The molecule has 0 bridgehead atoms. The number of esters is 1. The molecule has 1 N–H and O–H groups in total. The molecule has 3 rings (SSSR count). The number of methoxy groups -OCH3 is 1. The van der Waals surface area contributed by atoms with Crippen molar-refractivity contribution < 1.29 is 28.8 Å². The summed E-state index contributed by atoms with van der Waals surface area (Å²) in [6.07, 6.45) is 0.160. The van der Waals surface area contributed by atoms with Gasteiger partial charge in [-0.1, -0.05) is 30.3 Å². The number of carbonyl (C=O) groups is 3. The summed E-state index contributed by atoms with van der Waals surface area (Å²) in [6.45, 7) is -0.569. The Hall–Kier alpha value is -4.53. The summed E-state index contributed by atoms with van der Waals surface area (Å²) < 4.78 is 10.3. The zero-order valence-electron chi connectivity index (χ0n) is 18.3. The van der Waals surface area contributed by atoms with E-state index in [1.807, 2.05) is 18.2 Å². The van der Waals surface area contributed by atoms with E-state index in [1.54, 1.807) is 36.4 Å². The molecule has 0 unspecified atom stereocenters. The van der Waals surface area contributed by atoms with E-state index in [2.05, 4.69) is 5.32 Å². The minimum absolute atomic E-state index is 0.155. The molecule has 3 aromatic rings. The van der Waals surface area contributed by atoms with Crippen molar-refractivity contribution in [3.8, 4) is 5.75 Å². The van der Waals surface area contributed by atoms with Gasteiger partial charge in [-0.15, -0.1) is 0 Å². The van der Waals surface area contributed by atoms with Crippen molar-refractivity contribution in [1.82, 2.24) is 5.32 Å². The number of benzene rings is 3. The smallest absolute Gasteiger partial charge is 0.329 e. The molecule has 0 saturated carbocycles. The summed E-state index contributed by atoms with van der Waals surface area (Å²) in [7, 11) is 1.51. The largest absolute Gasteiger partial charge is 0.497 e. The first-order valence-corrected chi connectivity index (χ1v) is 10.3. The Kier molecular flexibility index (Phi) is 8.07. The Labute approximate surface area is 195 Å². The van der Waals surface area contributed by atoms with Gasteiger partial charge in [-0.2, -0.15) is 0 Å². The van der Waals surface area contributed by atoms with Crippen LogP contribution in [0.2, 0.25) is 0 Å². The lowest BCUT2D eigenvalue weighted by Gasteiger charge is -2.18. The third-order valence-corrected chi connectivity index (χ3v) is 4.97. The van der Waals surface area contributed by atoms with Crippen LogP contribution in [0.25, 0.3) is 0 Å². The molecule has 9 heteroatoms. The van der Waals surface area contributed by atoms with Crippen molar-refractivity contribution in [2.75, 3.05) is 13.7 Å². The summed E-state index contributed by atoms with van der Waals surface area (Å²) >= 11 is 0. The predicted molar refractivity (Wildman–Crippen MR) is 123 cm³/mol. The summed E-state index contributed by atoms with van der Waals surface area (Å²) in [5, 5.41) is 13.4. The molecule has 3 aromatic carbocycles. The lowest BCUT2D eigenvalue weighted by molar-refractivity contribution is -0.384. The number of nitrogens with zero attached hydrogens (tertiary/aromatic N) is 1. The van der Waals surface area contributed by atoms with Gasteiger partial charge in [-0.05, 0) is 42.0 Å². The molecular weight excluding hydrogens is 440 g/mol. The molecule has 0 saturated heterocycles. The van der Waals surface area contributed by atoms with E-state index in [9.17, 15) is 24.5 Å². The Morgan fingerprint density at radius 1 is 0.912 bits per heavy atom. The molecule has 0 spiro atoms. The number of hydrogen-bond donors (Lipinski definition) is 1. The number of nitro groups is 1. The van der Waals surface area contributed by atoms with E-state index in [4.69, 9.17) is 9.47 Å². The highest BCUT2D eigenvalue weighted by molar-refractivity contribution is 5.99. The first-order chi connectivity index (χ1) is 16.4. The van der Waals surface area contributed by atoms with Gasteiger partial charge < -0.3 is 14.8 Å². The number of ketones is 1. The second-order valence-electron chi connectivity index (χ2n) is 7.28. The van der Waals surface area contributed by atoms with E-state index < -0.39 is 35.2 Å². The van der Waals surface area contributed by atoms with Crippen molar-refractivity contribution in [3.05, 3.63) is 106 Å². The standard InChI is InChI=1S/C25H22N2O7/c1-33-21-13-9-19(10-14-21)24(29)26-22(15-17-5-3-2-4-6-17)25(30)34-16-23(28)18-7-11-20(12-8-18)27(31)32/h2-14,22H,15-16H2,1H3,(H,26,29)/t22-/m1/s1. The minimum atomic E-state index is -1.04. The highest BCUT2D eigenvalue weighted by atomic mass is 16.6. The monoisotopic (exact) mass is 462 g/mol. The van der Waals surface area contributed by atoms with Crippen molar-refractivity contribution in [2.45, 2.75) is 12.5 Å². The number of non-ortho nitro benzene ring substituents is 1. The maximum atomic E-state index is 12.8. The Bertz CT molecular complexity index is 1160. The Morgan fingerprint density at radius 3 is 2.12 bits per heavy atom. The van der Waals surface area contributed by atoms with Gasteiger partial charge in [0, 0.05) is 29.7 Å². The van der Waals surface area contributed by atoms with Crippen molar-refractivity contribution >= 4 is 23.3 Å². The normalized spacial score (nSPS) is 11.2. The molecule has 0 radical (unpaired) electrons. The summed E-state index contributed by atoms with van der Waals surface area (Å²) in [6, 6.07) is 19.4. The van der Waals surface area contributed by atoms with Crippen LogP contribution in [0.4, 0.5) is 5.69 Å². The van der Waals surface area contributed by atoms with Gasteiger partial charge >= 0.3 is 5.97 Å². The number of amides is 1. The molecule has 0 fully saturated rings. The van der Waals surface area contributed by atoms with Gasteiger partial charge in [-0.25, -0.2) is 4.79 Å². The van der Waals surface area contributed by atoms with Crippen LogP contribution in [-0.4, -0.2) is 42.3 Å². The molecule has 1 atom stereocenters. The SMILES string of the molecule is COc1ccc(C(=O)N[C@H](Cc2ccccc2)C(=O)OCC(=O)c2ccc([N+](=O)[O-])cc2)cc1. The maximum absolute atomic E-state index is 12.8. The van der Waals surface area contributed by atoms with Crippen LogP contribution in [0.5, 0.6) is 5.75 Å². The molecular formula is C25H22N2O7. The first-order valence-electron chi connectivity index (χ1n) is 10.3. The van der Waals surface area contributed by atoms with Crippen LogP contribution in [0.3, 0.4) is 0 Å². The average molecular weight is 462 g/mol. The number of Topliss-reactive ketones (excluding diaryl/α,β-unsaturated/α-hetero) is 1. The molecule has 1 amide bonds. The molecule has 0 aliphatic carbocycles. The number of nitro benzene ring substituents is 1. The third-order valence-electron chi connectivity index (χ3n) is 4.97. The number of nitrogens with one attached hydrogen (secondary N) is 1. The maximum Gasteiger partial charge on any atom is 0.329 e. The lowest BCUT2D eigenvalue weighted by Crippen LogP contribution is -2.43. The number of hydrogen-bond acceptors (Lipinski definition) is 7. The molecule has 34 heavy (non-hydrogen) atoms. The third kappa shape index (κ3) is 6.49. The molecule has 0 aliphatic heterocycles. The Morgan fingerprint density at radius 2 is 1.53 bits per heavy atom. The van der Waals surface area contributed by atoms with Gasteiger partial charge in [0.25, 0.3) is 11.6 Å². The number of rotatable bonds is 10. The fraction of sp³-hybridized carbons (Fsp3) is 0.160. The molecule has 0 aliphatic rings. The zero-order valence-corrected chi connectivity index (χ0v) is 18.3. The average Bonchev–Trinajstić information content (AvgIpc) is 2.87. The zero-order chi connectivity index (χ0) is 24.5. The Balaban J connectivity index is 1.68. The quantitative estimate of drug-likeness (QED) is 0.212. The van der Waals surface area contributed by atoms with Gasteiger partial charge in [-0.3, -0.25) is 19.7 Å². The predicted octanol–water partition coefficient (Wildman–Crippen LogP) is 3.37. The lowest BCUT2D eigenvalue weighted by atomic mass is 10.1. The molecule has 0 aromatic heterocycles. The van der Waals surface area contributed by atoms with E-state index in [1.165, 1.54) is 31.4 Å². The van der Waals surface area contributed by atoms with Crippen LogP contribution in [-0.2, 0) is 16.0 Å². The van der Waals surface area contributed by atoms with Crippen LogP contribution in [0.1, 0.15) is 26.3 Å². The van der Waals surface area contributed by atoms with Gasteiger partial charge in [0.15, 0.2) is 12.4 Å². The van der Waals surface area contributed by atoms with Crippen molar-refractivity contribution in [3.63, 3.8) is 0 Å². The van der Waals surface area contributed by atoms with Crippen LogP contribution in [0.15, 0.2) is 78.9 Å². The second kappa shape index (κ2) is 11.4. The van der Waals surface area contributed by atoms with Crippen LogP contribution >= 0.6 is 0 Å². The van der Waals surface area contributed by atoms with E-state index in [0.29, 0.717) is 11.3 Å². The van der Waals surface area contributed by atoms with E-state index in [-0.39, 0.29) is 17.7 Å². The van der Waals surface area contributed by atoms with E-state index in [0.717, 1.165) is 5.56 Å². The van der Waals surface area contributed by atoms with Crippen LogP contribution < -0.4 is 10.1 Å². The van der Waals surface area contributed by atoms with Crippen molar-refractivity contribution in [2.24, 2.45) is 0 Å². The molecule has 174 valence electrons. The number of carbonyl (C=O) groups excluding carboxylic acids is 3. The fourth-order valence-corrected chi connectivity index (χ4v) is 3.12. The summed E-state index contributed by atoms with van der Waals surface area (Å²) in [4.78, 5) is 48.1. The number of ether oxygens (including phenoxy) is 2. The van der Waals surface area contributed by atoms with Gasteiger partial charge in [0.1, 0.15) is 11.8 Å². The van der Waals surface area contributed by atoms with E-state index >= 15 is 0 Å². The minimum Gasteiger partial charge on any atom is -0.497 e. The second-order valence-corrected chi connectivity index (χ2v) is 7.28. The van der Waals surface area contributed by atoms with Gasteiger partial charge in [0.05, 0.1) is 12.0 Å². The van der Waals surface area contributed by atoms with Gasteiger partial charge in [0.2, 0.25) is 0 Å². The molecule has 0 heterocycles. The summed E-state index contributed by atoms with van der Waals surface area (Å²) in [5.41, 5.74) is 1.13. The van der Waals surface area contributed by atoms with Crippen LogP contribution in [0, 0.1) is 10.1 Å².